The topological polar surface area (TPSA) is 110 Å². The lowest BCUT2D eigenvalue weighted by Crippen LogP contribution is -2.38. The Kier molecular flexibility index (Phi) is 6.36. The molecular formula is C22H21N3O5S. The molecule has 0 spiro atoms. The molecule has 0 aromatic heterocycles. The SMILES string of the molecule is Cc1ccc(N(CC(=O)Nc2cc([N+](=O)[O-])ccc2C)S(=O)(=O)c2ccccc2)cc1. The van der Waals surface area contributed by atoms with E-state index in [-0.39, 0.29) is 16.3 Å². The summed E-state index contributed by atoms with van der Waals surface area (Å²) >= 11 is 0. The van der Waals surface area contributed by atoms with E-state index in [1.807, 2.05) is 6.92 Å². The number of sulfonamides is 1. The highest BCUT2D eigenvalue weighted by atomic mass is 32.2. The van der Waals surface area contributed by atoms with Gasteiger partial charge in [0.2, 0.25) is 5.91 Å². The first-order valence-corrected chi connectivity index (χ1v) is 10.8. The highest BCUT2D eigenvalue weighted by molar-refractivity contribution is 7.92. The maximum atomic E-state index is 13.3. The predicted octanol–water partition coefficient (Wildman–Crippen LogP) is 4.05. The van der Waals surface area contributed by atoms with E-state index in [1.165, 1.54) is 30.3 Å². The molecule has 9 heteroatoms. The molecule has 1 amide bonds. The van der Waals surface area contributed by atoms with Gasteiger partial charge in [-0.15, -0.1) is 0 Å². The Morgan fingerprint density at radius 2 is 1.65 bits per heavy atom. The first kappa shape index (κ1) is 22.0. The standard InChI is InChI=1S/C22H21N3O5S/c1-16-8-11-18(12-9-16)24(31(29,30)20-6-4-3-5-7-20)15-22(26)23-21-14-19(25(27)28)13-10-17(21)2/h3-14H,15H2,1-2H3,(H,23,26). The summed E-state index contributed by atoms with van der Waals surface area (Å²) < 4.78 is 27.6. The van der Waals surface area contributed by atoms with Crippen LogP contribution < -0.4 is 9.62 Å². The van der Waals surface area contributed by atoms with Gasteiger partial charge in [-0.2, -0.15) is 0 Å². The van der Waals surface area contributed by atoms with Crippen LogP contribution in [0.25, 0.3) is 0 Å². The van der Waals surface area contributed by atoms with Crippen molar-refractivity contribution in [2.45, 2.75) is 18.7 Å². The number of benzene rings is 3. The molecule has 31 heavy (non-hydrogen) atoms. The van der Waals surface area contributed by atoms with E-state index in [1.54, 1.807) is 49.4 Å². The Labute approximate surface area is 180 Å². The summed E-state index contributed by atoms with van der Waals surface area (Å²) in [5, 5.41) is 13.6. The molecule has 8 nitrogen and oxygen atoms in total. The molecule has 3 aromatic carbocycles. The molecule has 0 heterocycles. The third-order valence-corrected chi connectivity index (χ3v) is 6.43. The minimum atomic E-state index is -4.02. The second-order valence-electron chi connectivity index (χ2n) is 6.96. The maximum absolute atomic E-state index is 13.3. The minimum absolute atomic E-state index is 0.0508. The van der Waals surface area contributed by atoms with E-state index in [0.717, 1.165) is 9.87 Å². The average molecular weight is 439 g/mol. The van der Waals surface area contributed by atoms with Crippen molar-refractivity contribution in [2.75, 3.05) is 16.2 Å². The Morgan fingerprint density at radius 1 is 1.00 bits per heavy atom. The summed E-state index contributed by atoms with van der Waals surface area (Å²) in [6.07, 6.45) is 0. The molecule has 3 aromatic rings. The van der Waals surface area contributed by atoms with Gasteiger partial charge in [-0.3, -0.25) is 19.2 Å². The normalized spacial score (nSPS) is 11.0. The number of carbonyl (C=O) groups excluding carboxylic acids is 1. The van der Waals surface area contributed by atoms with Gasteiger partial charge in [0.05, 0.1) is 21.2 Å². The van der Waals surface area contributed by atoms with Crippen molar-refractivity contribution in [3.05, 3.63) is 94.0 Å². The first-order valence-electron chi connectivity index (χ1n) is 9.38. The van der Waals surface area contributed by atoms with Crippen LogP contribution in [0.4, 0.5) is 17.1 Å². The summed E-state index contributed by atoms with van der Waals surface area (Å²) in [5.41, 5.74) is 1.97. The lowest BCUT2D eigenvalue weighted by molar-refractivity contribution is -0.384. The molecule has 0 radical (unpaired) electrons. The van der Waals surface area contributed by atoms with E-state index in [2.05, 4.69) is 5.32 Å². The van der Waals surface area contributed by atoms with Crippen molar-refractivity contribution in [1.29, 1.82) is 0 Å². The van der Waals surface area contributed by atoms with Gasteiger partial charge in [0.25, 0.3) is 15.7 Å². The predicted molar refractivity (Wildman–Crippen MR) is 119 cm³/mol. The highest BCUT2D eigenvalue weighted by Crippen LogP contribution is 2.25. The Balaban J connectivity index is 1.94. The van der Waals surface area contributed by atoms with E-state index in [9.17, 15) is 23.3 Å². The van der Waals surface area contributed by atoms with Crippen LogP contribution in [0.3, 0.4) is 0 Å². The molecule has 0 aliphatic rings. The number of aryl methyl sites for hydroxylation is 2. The summed E-state index contributed by atoms with van der Waals surface area (Å²) in [5.74, 6) is -0.622. The lowest BCUT2D eigenvalue weighted by atomic mass is 10.2. The number of nitro benzene ring substituents is 1. The fourth-order valence-electron chi connectivity index (χ4n) is 2.92. The summed E-state index contributed by atoms with van der Waals surface area (Å²) in [7, 11) is -4.02. The molecule has 0 aliphatic heterocycles. The number of nitrogens with zero attached hydrogens (tertiary/aromatic N) is 2. The number of anilines is 2. The van der Waals surface area contributed by atoms with Crippen LogP contribution in [0.15, 0.2) is 77.7 Å². The van der Waals surface area contributed by atoms with Crippen molar-refractivity contribution in [2.24, 2.45) is 0 Å². The van der Waals surface area contributed by atoms with E-state index in [0.29, 0.717) is 11.3 Å². The number of nitrogens with one attached hydrogen (secondary N) is 1. The van der Waals surface area contributed by atoms with Crippen LogP contribution in [0.5, 0.6) is 0 Å². The molecule has 0 unspecified atom stereocenters. The van der Waals surface area contributed by atoms with Gasteiger partial charge < -0.3 is 5.32 Å². The third-order valence-electron chi connectivity index (χ3n) is 4.65. The molecule has 0 saturated heterocycles. The zero-order chi connectivity index (χ0) is 22.6. The molecule has 1 N–H and O–H groups in total. The van der Waals surface area contributed by atoms with Crippen molar-refractivity contribution in [3.63, 3.8) is 0 Å². The Hall–Kier alpha value is -3.72. The molecule has 0 fully saturated rings. The minimum Gasteiger partial charge on any atom is -0.324 e. The van der Waals surface area contributed by atoms with Gasteiger partial charge in [-0.05, 0) is 43.7 Å². The number of hydrogen-bond donors (Lipinski definition) is 1. The summed E-state index contributed by atoms with van der Waals surface area (Å²) in [6.45, 7) is 3.07. The Morgan fingerprint density at radius 3 is 2.26 bits per heavy atom. The molecule has 0 bridgehead atoms. The van der Waals surface area contributed by atoms with Crippen LogP contribution >= 0.6 is 0 Å². The first-order chi connectivity index (χ1) is 14.7. The molecular weight excluding hydrogens is 418 g/mol. The fourth-order valence-corrected chi connectivity index (χ4v) is 4.37. The molecule has 0 saturated carbocycles. The van der Waals surface area contributed by atoms with Gasteiger partial charge in [-0.25, -0.2) is 8.42 Å². The fraction of sp³-hybridized carbons (Fsp3) is 0.136. The number of nitro groups is 1. The zero-order valence-corrected chi connectivity index (χ0v) is 17.8. The molecule has 0 aliphatic carbocycles. The lowest BCUT2D eigenvalue weighted by Gasteiger charge is -2.24. The van der Waals surface area contributed by atoms with Crippen LogP contribution in [-0.2, 0) is 14.8 Å². The van der Waals surface area contributed by atoms with E-state index >= 15 is 0 Å². The number of amides is 1. The van der Waals surface area contributed by atoms with Crippen LogP contribution in [0.1, 0.15) is 11.1 Å². The van der Waals surface area contributed by atoms with Crippen molar-refractivity contribution in [1.82, 2.24) is 0 Å². The van der Waals surface area contributed by atoms with Gasteiger partial charge in [0, 0.05) is 12.1 Å². The number of rotatable bonds is 7. The monoisotopic (exact) mass is 439 g/mol. The summed E-state index contributed by atoms with van der Waals surface area (Å²) in [6, 6.07) is 18.7. The smallest absolute Gasteiger partial charge is 0.271 e. The highest BCUT2D eigenvalue weighted by Gasteiger charge is 2.27. The third kappa shape index (κ3) is 5.07. The van der Waals surface area contributed by atoms with Crippen LogP contribution in [-0.4, -0.2) is 25.8 Å². The second kappa shape index (κ2) is 8.97. The van der Waals surface area contributed by atoms with Gasteiger partial charge in [-0.1, -0.05) is 42.0 Å². The summed E-state index contributed by atoms with van der Waals surface area (Å²) in [4.78, 5) is 23.3. The van der Waals surface area contributed by atoms with E-state index in [4.69, 9.17) is 0 Å². The maximum Gasteiger partial charge on any atom is 0.271 e. The molecule has 160 valence electrons. The molecule has 0 atom stereocenters. The zero-order valence-electron chi connectivity index (χ0n) is 17.0. The van der Waals surface area contributed by atoms with Crippen LogP contribution in [0.2, 0.25) is 0 Å². The Bertz CT molecular complexity index is 1210. The average Bonchev–Trinajstić information content (AvgIpc) is 2.74. The van der Waals surface area contributed by atoms with Gasteiger partial charge >= 0.3 is 0 Å². The van der Waals surface area contributed by atoms with E-state index < -0.39 is 27.4 Å². The van der Waals surface area contributed by atoms with Crippen molar-refractivity contribution >= 4 is 33.0 Å². The molecule has 3 rings (SSSR count). The van der Waals surface area contributed by atoms with Crippen LogP contribution in [0, 0.1) is 24.0 Å². The number of non-ortho nitro benzene ring substituents is 1. The van der Waals surface area contributed by atoms with Gasteiger partial charge in [0.15, 0.2) is 0 Å². The second-order valence-corrected chi connectivity index (χ2v) is 8.83. The largest absolute Gasteiger partial charge is 0.324 e. The number of carbonyl (C=O) groups is 1. The van der Waals surface area contributed by atoms with Crippen molar-refractivity contribution < 1.29 is 18.1 Å². The quantitative estimate of drug-likeness (QED) is 0.441. The number of hydrogen-bond acceptors (Lipinski definition) is 5. The van der Waals surface area contributed by atoms with Crippen molar-refractivity contribution in [3.8, 4) is 0 Å². The van der Waals surface area contributed by atoms with Gasteiger partial charge in [0.1, 0.15) is 6.54 Å².